The van der Waals surface area contributed by atoms with E-state index in [0.29, 0.717) is 23.4 Å². The quantitative estimate of drug-likeness (QED) is 0.162. The Kier molecular flexibility index (Phi) is 7.56. The lowest BCUT2D eigenvalue weighted by Gasteiger charge is -2.49. The van der Waals surface area contributed by atoms with Gasteiger partial charge in [0.25, 0.3) is 0 Å². The first-order valence-electron chi connectivity index (χ1n) is 16.6. The Morgan fingerprint density at radius 3 is 2.12 bits per heavy atom. The number of carbonyl (C=O) groups excluding carboxylic acids is 4. The average molecular weight is 688 g/mol. The number of benzene rings is 4. The maximum Gasteiger partial charge on any atom is 0.241 e. The van der Waals surface area contributed by atoms with Crippen molar-refractivity contribution in [1.29, 1.82) is 0 Å². The molecule has 2 N–H and O–H groups in total. The molecule has 1 saturated carbocycles. The minimum absolute atomic E-state index is 0.0381. The van der Waals surface area contributed by atoms with Crippen LogP contribution in [0.15, 0.2) is 109 Å². The topological polar surface area (TPSA) is 116 Å². The Bertz CT molecular complexity index is 2090. The van der Waals surface area contributed by atoms with E-state index in [-0.39, 0.29) is 46.6 Å². The normalized spacial score (nSPS) is 27.1. The third-order valence-electron chi connectivity index (χ3n) is 11.1. The number of phenolic OH excluding ortho intramolecular Hbond substituents is 1. The van der Waals surface area contributed by atoms with Crippen LogP contribution in [0.25, 0.3) is 0 Å². The Morgan fingerprint density at radius 1 is 0.800 bits per heavy atom. The molecule has 9 nitrogen and oxygen atoms in total. The van der Waals surface area contributed by atoms with Gasteiger partial charge >= 0.3 is 0 Å². The number of halogens is 1. The number of nitrogens with one attached hydrogen (secondary N) is 1. The molecule has 4 amide bonds. The highest BCUT2D eigenvalue weighted by atomic mass is 35.5. The second-order valence-electron chi connectivity index (χ2n) is 13.6. The molecular weight excluding hydrogens is 654 g/mol. The number of amides is 4. The second-order valence-corrected chi connectivity index (χ2v) is 14.0. The fourth-order valence-electron chi connectivity index (χ4n) is 8.77. The number of imide groups is 2. The summed E-state index contributed by atoms with van der Waals surface area (Å²) in [7, 11) is 1.41. The van der Waals surface area contributed by atoms with E-state index in [0.717, 1.165) is 16.9 Å². The smallest absolute Gasteiger partial charge is 0.241 e. The van der Waals surface area contributed by atoms with Gasteiger partial charge < -0.3 is 15.2 Å². The highest BCUT2D eigenvalue weighted by molar-refractivity contribution is 6.32. The van der Waals surface area contributed by atoms with E-state index in [2.05, 4.69) is 5.32 Å². The number of anilines is 4. The molecule has 2 aliphatic carbocycles. The molecule has 2 saturated heterocycles. The number of aromatic hydroxyl groups is 1. The zero-order valence-corrected chi connectivity index (χ0v) is 28.1. The summed E-state index contributed by atoms with van der Waals surface area (Å²) < 4.78 is 5.46. The van der Waals surface area contributed by atoms with Gasteiger partial charge in [-0.25, -0.2) is 4.90 Å². The van der Waals surface area contributed by atoms with Gasteiger partial charge in [0.2, 0.25) is 23.6 Å². The lowest BCUT2D eigenvalue weighted by Crippen LogP contribution is -2.48. The largest absolute Gasteiger partial charge is 0.503 e. The highest BCUT2D eigenvalue weighted by Crippen LogP contribution is 2.64. The first kappa shape index (κ1) is 31.8. The van der Waals surface area contributed by atoms with E-state index >= 15 is 0 Å². The van der Waals surface area contributed by atoms with E-state index in [9.17, 15) is 24.3 Å². The number of methoxy groups -OCH3 is 1. The van der Waals surface area contributed by atoms with Crippen LogP contribution in [-0.4, -0.2) is 35.8 Å². The van der Waals surface area contributed by atoms with Crippen LogP contribution in [-0.2, 0) is 19.2 Å². The van der Waals surface area contributed by atoms with Gasteiger partial charge in [-0.3, -0.25) is 24.1 Å². The molecule has 0 spiro atoms. The van der Waals surface area contributed by atoms with Gasteiger partial charge in [0.05, 0.1) is 46.7 Å². The fraction of sp³-hybridized carbons (Fsp3) is 0.250. The maximum atomic E-state index is 14.6. The van der Waals surface area contributed by atoms with Crippen molar-refractivity contribution in [2.45, 2.75) is 25.7 Å². The first-order chi connectivity index (χ1) is 24.1. The van der Waals surface area contributed by atoms with Crippen molar-refractivity contribution < 1.29 is 29.0 Å². The molecule has 4 aliphatic rings. The molecule has 6 atom stereocenters. The molecular formula is C40H34ClN3O6. The molecule has 4 aromatic rings. The van der Waals surface area contributed by atoms with E-state index in [1.165, 1.54) is 16.9 Å². The Hall–Kier alpha value is -5.41. The standard InChI is InChI=1S/C40H34ClN3O6/c1-40-30(37(47)44(39(40)49)25-11-7-4-8-12-25)21-29-27(34(40)22-19-31(41)35(45)32(20-22)50-2)17-18-28-33(29)38(48)43(36(28)46)26-15-13-24(14-16-26)42-23-9-5-3-6-10-23/h3-17,19-20,28-30,33-34,42,45H,18,21H2,1-2H3. The zero-order valence-electron chi connectivity index (χ0n) is 27.4. The van der Waals surface area contributed by atoms with Crippen molar-refractivity contribution in [2.24, 2.45) is 29.1 Å². The molecule has 10 heteroatoms. The Morgan fingerprint density at radius 2 is 1.44 bits per heavy atom. The van der Waals surface area contributed by atoms with Crippen molar-refractivity contribution in [3.05, 3.63) is 119 Å². The summed E-state index contributed by atoms with van der Waals surface area (Å²) in [5.41, 5.74) is 2.81. The number of carbonyl (C=O) groups is 4. The summed E-state index contributed by atoms with van der Waals surface area (Å²) in [4.78, 5) is 60.0. The number of nitrogens with zero attached hydrogens (tertiary/aromatic N) is 2. The number of allylic oxidation sites excluding steroid dienone is 2. The van der Waals surface area contributed by atoms with Crippen LogP contribution in [0.3, 0.4) is 0 Å². The van der Waals surface area contributed by atoms with Crippen molar-refractivity contribution >= 4 is 58.0 Å². The van der Waals surface area contributed by atoms with E-state index in [1.54, 1.807) is 55.5 Å². The fourth-order valence-corrected chi connectivity index (χ4v) is 8.99. The molecule has 4 aromatic carbocycles. The number of ether oxygens (including phenoxy) is 1. The van der Waals surface area contributed by atoms with Gasteiger partial charge in [-0.2, -0.15) is 0 Å². The SMILES string of the molecule is COc1cc(C2C3=CCC4C(=O)N(c5ccc(Nc6ccccc6)cc5)C(=O)C4C3CC3C(=O)N(c4ccccc4)C(=O)C32C)cc(Cl)c1O. The third-order valence-corrected chi connectivity index (χ3v) is 11.4. The molecule has 0 bridgehead atoms. The Labute approximate surface area is 294 Å². The minimum Gasteiger partial charge on any atom is -0.503 e. The lowest BCUT2D eigenvalue weighted by atomic mass is 9.51. The third kappa shape index (κ3) is 4.67. The molecule has 50 heavy (non-hydrogen) atoms. The number of phenols is 1. The molecule has 6 unspecified atom stereocenters. The van der Waals surface area contributed by atoms with Gasteiger partial charge in [0, 0.05) is 17.3 Å². The van der Waals surface area contributed by atoms with Crippen molar-refractivity contribution in [1.82, 2.24) is 0 Å². The lowest BCUT2D eigenvalue weighted by molar-refractivity contribution is -0.131. The zero-order chi connectivity index (χ0) is 34.9. The highest BCUT2D eigenvalue weighted by Gasteiger charge is 2.67. The molecule has 0 radical (unpaired) electrons. The molecule has 8 rings (SSSR count). The van der Waals surface area contributed by atoms with Gasteiger partial charge in [-0.05, 0) is 91.9 Å². The maximum absolute atomic E-state index is 14.6. The number of para-hydroxylation sites is 2. The average Bonchev–Trinajstić information content (AvgIpc) is 3.50. The van der Waals surface area contributed by atoms with E-state index < -0.39 is 35.0 Å². The number of hydrogen-bond donors (Lipinski definition) is 2. The number of rotatable bonds is 6. The van der Waals surface area contributed by atoms with Gasteiger partial charge in [-0.15, -0.1) is 0 Å². The van der Waals surface area contributed by atoms with Gasteiger partial charge in [0.15, 0.2) is 11.5 Å². The van der Waals surface area contributed by atoms with Gasteiger partial charge in [0.1, 0.15) is 0 Å². The molecule has 252 valence electrons. The predicted octanol–water partition coefficient (Wildman–Crippen LogP) is 7.23. The number of hydrogen-bond acceptors (Lipinski definition) is 7. The minimum atomic E-state index is -1.25. The van der Waals surface area contributed by atoms with Crippen molar-refractivity contribution in [2.75, 3.05) is 22.2 Å². The first-order valence-corrected chi connectivity index (χ1v) is 17.0. The number of fused-ring (bicyclic) bond motifs is 4. The van der Waals surface area contributed by atoms with Crippen LogP contribution in [0.5, 0.6) is 11.5 Å². The Balaban J connectivity index is 1.19. The summed E-state index contributed by atoms with van der Waals surface area (Å²) in [6, 6.07) is 28.9. The monoisotopic (exact) mass is 687 g/mol. The second kappa shape index (κ2) is 11.9. The van der Waals surface area contributed by atoms with Crippen LogP contribution >= 0.6 is 11.6 Å². The predicted molar refractivity (Wildman–Crippen MR) is 189 cm³/mol. The molecule has 3 fully saturated rings. The van der Waals surface area contributed by atoms with Crippen LogP contribution in [0, 0.1) is 29.1 Å². The molecule has 2 heterocycles. The van der Waals surface area contributed by atoms with Crippen molar-refractivity contribution in [3.63, 3.8) is 0 Å². The molecule has 2 aliphatic heterocycles. The molecule has 0 aromatic heterocycles. The van der Waals surface area contributed by atoms with Crippen molar-refractivity contribution in [3.8, 4) is 11.5 Å². The van der Waals surface area contributed by atoms with Crippen LogP contribution in [0.1, 0.15) is 31.2 Å². The summed E-state index contributed by atoms with van der Waals surface area (Å²) in [5.74, 6) is -4.72. The van der Waals surface area contributed by atoms with Gasteiger partial charge in [-0.1, -0.05) is 59.6 Å². The van der Waals surface area contributed by atoms with Crippen LogP contribution in [0.2, 0.25) is 5.02 Å². The summed E-state index contributed by atoms with van der Waals surface area (Å²) in [6.07, 6.45) is 2.51. The summed E-state index contributed by atoms with van der Waals surface area (Å²) in [5, 5.41) is 14.0. The van der Waals surface area contributed by atoms with E-state index in [1.807, 2.05) is 54.6 Å². The summed E-state index contributed by atoms with van der Waals surface area (Å²) in [6.45, 7) is 1.81. The van der Waals surface area contributed by atoms with E-state index in [4.69, 9.17) is 16.3 Å². The van der Waals surface area contributed by atoms with Crippen LogP contribution < -0.4 is 19.9 Å². The van der Waals surface area contributed by atoms with Crippen LogP contribution in [0.4, 0.5) is 22.7 Å². The summed E-state index contributed by atoms with van der Waals surface area (Å²) >= 11 is 6.52.